The molecule has 1 atom stereocenters. The van der Waals surface area contributed by atoms with Crippen molar-refractivity contribution in [1.82, 2.24) is 0 Å². The molecule has 4 rings (SSSR count). The molecule has 0 bridgehead atoms. The third kappa shape index (κ3) is 2.63. The number of benzene rings is 2. The molecule has 0 fully saturated rings. The molecule has 4 heteroatoms. The van der Waals surface area contributed by atoms with Gasteiger partial charge in [0.2, 0.25) is 5.90 Å². The number of ether oxygens (including phenoxy) is 2. The van der Waals surface area contributed by atoms with Gasteiger partial charge in [0, 0.05) is 11.1 Å². The summed E-state index contributed by atoms with van der Waals surface area (Å²) in [6.07, 6.45) is 3.59. The standard InChI is InChI=1S/C20H15NO3/c1-13-16(11-15-9-5-6-10-18(15)23-13)12-17-20(22)24-19(21-17)14-7-3-2-4-8-14/h2-13H,1H3/b17-12+/t13-/m0/s1. The number of hydrogen-bond donors (Lipinski definition) is 0. The quantitative estimate of drug-likeness (QED) is 0.626. The number of carbonyl (C=O) groups excluding carboxylic acids is 1. The number of cyclic esters (lactones) is 1. The van der Waals surface area contributed by atoms with Gasteiger partial charge in [0.1, 0.15) is 11.9 Å². The first-order chi connectivity index (χ1) is 11.7. The smallest absolute Gasteiger partial charge is 0.363 e. The minimum atomic E-state index is -0.444. The number of aliphatic imine (C=N–C) groups is 1. The van der Waals surface area contributed by atoms with E-state index in [1.165, 1.54) is 0 Å². The predicted octanol–water partition coefficient (Wildman–Crippen LogP) is 3.74. The molecule has 0 radical (unpaired) electrons. The summed E-state index contributed by atoms with van der Waals surface area (Å²) in [5.41, 5.74) is 2.94. The lowest BCUT2D eigenvalue weighted by Gasteiger charge is -2.22. The van der Waals surface area contributed by atoms with Crippen molar-refractivity contribution in [2.45, 2.75) is 13.0 Å². The summed E-state index contributed by atoms with van der Waals surface area (Å²) in [7, 11) is 0. The molecule has 2 aromatic carbocycles. The van der Waals surface area contributed by atoms with Crippen molar-refractivity contribution in [1.29, 1.82) is 0 Å². The SMILES string of the molecule is C[C@@H]1Oc2ccccc2C=C1/C=C1/N=C(c2ccccc2)OC1=O. The third-order valence-corrected chi connectivity index (χ3v) is 3.96. The van der Waals surface area contributed by atoms with E-state index in [1.54, 1.807) is 6.08 Å². The highest BCUT2D eigenvalue weighted by Crippen LogP contribution is 2.31. The van der Waals surface area contributed by atoms with Crippen LogP contribution in [0.1, 0.15) is 18.1 Å². The number of rotatable bonds is 2. The van der Waals surface area contributed by atoms with Crippen LogP contribution in [0.2, 0.25) is 0 Å². The second-order valence-electron chi connectivity index (χ2n) is 5.64. The van der Waals surface area contributed by atoms with E-state index < -0.39 is 5.97 Å². The van der Waals surface area contributed by atoms with E-state index in [9.17, 15) is 4.79 Å². The first-order valence-corrected chi connectivity index (χ1v) is 7.76. The second-order valence-corrected chi connectivity index (χ2v) is 5.64. The molecule has 0 spiro atoms. The van der Waals surface area contributed by atoms with Crippen LogP contribution in [0.15, 0.2) is 76.9 Å². The van der Waals surface area contributed by atoms with Gasteiger partial charge in [-0.15, -0.1) is 0 Å². The molecule has 0 saturated carbocycles. The molecule has 2 aliphatic heterocycles. The number of nitrogens with zero attached hydrogens (tertiary/aromatic N) is 1. The zero-order valence-corrected chi connectivity index (χ0v) is 13.1. The maximum absolute atomic E-state index is 12.1. The number of fused-ring (bicyclic) bond motifs is 1. The lowest BCUT2D eigenvalue weighted by molar-refractivity contribution is -0.130. The fraction of sp³-hybridized carbons (Fsp3) is 0.100. The van der Waals surface area contributed by atoms with Crippen LogP contribution in [0.3, 0.4) is 0 Å². The van der Waals surface area contributed by atoms with Crippen molar-refractivity contribution in [3.63, 3.8) is 0 Å². The molecule has 24 heavy (non-hydrogen) atoms. The van der Waals surface area contributed by atoms with Crippen molar-refractivity contribution in [2.24, 2.45) is 4.99 Å². The molecule has 0 aliphatic carbocycles. The van der Waals surface area contributed by atoms with Gasteiger partial charge >= 0.3 is 5.97 Å². The fourth-order valence-corrected chi connectivity index (χ4v) is 2.69. The predicted molar refractivity (Wildman–Crippen MR) is 91.7 cm³/mol. The highest BCUT2D eigenvalue weighted by Gasteiger charge is 2.26. The van der Waals surface area contributed by atoms with Crippen LogP contribution in [-0.2, 0) is 9.53 Å². The molecule has 0 aromatic heterocycles. The van der Waals surface area contributed by atoms with Crippen LogP contribution >= 0.6 is 0 Å². The molecule has 2 heterocycles. The Morgan fingerprint density at radius 2 is 1.79 bits per heavy atom. The summed E-state index contributed by atoms with van der Waals surface area (Å²) in [4.78, 5) is 16.4. The maximum atomic E-state index is 12.1. The Hall–Kier alpha value is -3.14. The maximum Gasteiger partial charge on any atom is 0.363 e. The van der Waals surface area contributed by atoms with Crippen molar-refractivity contribution in [3.8, 4) is 5.75 Å². The molecular formula is C20H15NO3. The summed E-state index contributed by atoms with van der Waals surface area (Å²) >= 11 is 0. The number of esters is 1. The molecule has 0 amide bonds. The zero-order chi connectivity index (χ0) is 16.5. The second kappa shape index (κ2) is 5.81. The van der Waals surface area contributed by atoms with Crippen molar-refractivity contribution >= 4 is 17.9 Å². The van der Waals surface area contributed by atoms with Crippen molar-refractivity contribution in [3.05, 3.63) is 83.1 Å². The highest BCUT2D eigenvalue weighted by molar-refractivity contribution is 6.11. The average molecular weight is 317 g/mol. The van der Waals surface area contributed by atoms with Crippen LogP contribution in [0.25, 0.3) is 6.08 Å². The Morgan fingerprint density at radius 3 is 2.62 bits per heavy atom. The van der Waals surface area contributed by atoms with E-state index >= 15 is 0 Å². The fourth-order valence-electron chi connectivity index (χ4n) is 2.69. The topological polar surface area (TPSA) is 47.9 Å². The number of carbonyl (C=O) groups is 1. The Morgan fingerprint density at radius 1 is 1.04 bits per heavy atom. The molecule has 0 N–H and O–H groups in total. The molecular weight excluding hydrogens is 302 g/mol. The van der Waals surface area contributed by atoms with Gasteiger partial charge in [-0.1, -0.05) is 36.4 Å². The highest BCUT2D eigenvalue weighted by atomic mass is 16.6. The van der Waals surface area contributed by atoms with E-state index in [4.69, 9.17) is 9.47 Å². The molecule has 118 valence electrons. The summed E-state index contributed by atoms with van der Waals surface area (Å²) < 4.78 is 11.2. The van der Waals surface area contributed by atoms with Crippen LogP contribution in [0.4, 0.5) is 0 Å². The lowest BCUT2D eigenvalue weighted by Crippen LogP contribution is -2.18. The molecule has 0 unspecified atom stereocenters. The summed E-state index contributed by atoms with van der Waals surface area (Å²) in [5.74, 6) is 0.729. The van der Waals surface area contributed by atoms with Crippen LogP contribution in [0, 0.1) is 0 Å². The Bertz CT molecular complexity index is 894. The van der Waals surface area contributed by atoms with Crippen molar-refractivity contribution < 1.29 is 14.3 Å². The van der Waals surface area contributed by atoms with E-state index in [1.807, 2.05) is 67.6 Å². The zero-order valence-electron chi connectivity index (χ0n) is 13.1. The van der Waals surface area contributed by atoms with Gasteiger partial charge in [-0.2, -0.15) is 0 Å². The van der Waals surface area contributed by atoms with Gasteiger partial charge in [-0.05, 0) is 42.8 Å². The van der Waals surface area contributed by atoms with Gasteiger partial charge in [-0.25, -0.2) is 9.79 Å². The van der Waals surface area contributed by atoms with E-state index in [0.29, 0.717) is 5.90 Å². The Labute approximate surface area is 139 Å². The number of para-hydroxylation sites is 1. The first-order valence-electron chi connectivity index (χ1n) is 7.76. The summed E-state index contributed by atoms with van der Waals surface area (Å²) in [6.45, 7) is 1.95. The Balaban J connectivity index is 1.69. The van der Waals surface area contributed by atoms with Gasteiger partial charge in [-0.3, -0.25) is 0 Å². The third-order valence-electron chi connectivity index (χ3n) is 3.96. The largest absolute Gasteiger partial charge is 0.485 e. The average Bonchev–Trinajstić information content (AvgIpc) is 2.97. The van der Waals surface area contributed by atoms with Gasteiger partial charge in [0.05, 0.1) is 0 Å². The monoisotopic (exact) mass is 317 g/mol. The number of hydrogen-bond acceptors (Lipinski definition) is 4. The molecule has 0 saturated heterocycles. The van der Waals surface area contributed by atoms with Gasteiger partial charge in [0.15, 0.2) is 5.70 Å². The lowest BCUT2D eigenvalue weighted by atomic mass is 10.0. The molecule has 4 nitrogen and oxygen atoms in total. The first kappa shape index (κ1) is 14.5. The minimum Gasteiger partial charge on any atom is -0.485 e. The summed E-state index contributed by atoms with van der Waals surface area (Å²) in [6, 6.07) is 17.2. The van der Waals surface area contributed by atoms with Gasteiger partial charge < -0.3 is 9.47 Å². The van der Waals surface area contributed by atoms with Crippen LogP contribution in [-0.4, -0.2) is 18.0 Å². The van der Waals surface area contributed by atoms with E-state index in [2.05, 4.69) is 4.99 Å². The van der Waals surface area contributed by atoms with E-state index in [0.717, 1.165) is 22.4 Å². The normalized spacial score (nSPS) is 20.8. The van der Waals surface area contributed by atoms with Crippen LogP contribution < -0.4 is 4.74 Å². The minimum absolute atomic E-state index is 0.156. The summed E-state index contributed by atoms with van der Waals surface area (Å²) in [5, 5.41) is 0. The molecule has 2 aromatic rings. The van der Waals surface area contributed by atoms with Crippen LogP contribution in [0.5, 0.6) is 5.75 Å². The van der Waals surface area contributed by atoms with E-state index in [-0.39, 0.29) is 11.8 Å². The Kier molecular flexibility index (Phi) is 3.50. The van der Waals surface area contributed by atoms with Gasteiger partial charge in [0.25, 0.3) is 0 Å². The van der Waals surface area contributed by atoms with Crippen molar-refractivity contribution in [2.75, 3.05) is 0 Å². The molecule has 2 aliphatic rings.